The van der Waals surface area contributed by atoms with Gasteiger partial charge in [0.2, 0.25) is 0 Å². The van der Waals surface area contributed by atoms with Crippen LogP contribution in [0.2, 0.25) is 15.1 Å². The van der Waals surface area contributed by atoms with E-state index in [4.69, 9.17) is 39.5 Å². The van der Waals surface area contributed by atoms with Crippen molar-refractivity contribution in [3.8, 4) is 5.75 Å². The summed E-state index contributed by atoms with van der Waals surface area (Å²) in [6, 6.07) is 3.26. The molecule has 0 heterocycles. The van der Waals surface area contributed by atoms with Gasteiger partial charge in [0.15, 0.2) is 0 Å². The molecule has 1 aromatic carbocycles. The molecule has 0 radical (unpaired) electrons. The van der Waals surface area contributed by atoms with E-state index in [1.54, 1.807) is 12.1 Å². The Bertz CT molecular complexity index is 429. The number of hydrogen-bond acceptors (Lipinski definition) is 2. The highest BCUT2D eigenvalue weighted by atomic mass is 35.5. The Morgan fingerprint density at radius 1 is 1.11 bits per heavy atom. The van der Waals surface area contributed by atoms with Crippen molar-refractivity contribution in [1.29, 1.82) is 0 Å². The minimum atomic E-state index is 0.0361. The van der Waals surface area contributed by atoms with E-state index in [0.717, 1.165) is 13.0 Å². The third kappa shape index (κ3) is 5.78. The van der Waals surface area contributed by atoms with Gasteiger partial charge in [-0.25, -0.2) is 0 Å². The van der Waals surface area contributed by atoms with Gasteiger partial charge in [0.25, 0.3) is 0 Å². The molecule has 5 heteroatoms. The highest BCUT2D eigenvalue weighted by Gasteiger charge is 2.16. The molecule has 0 saturated heterocycles. The van der Waals surface area contributed by atoms with Crippen LogP contribution in [-0.4, -0.2) is 18.2 Å². The number of benzene rings is 1. The minimum Gasteiger partial charge on any atom is -0.487 e. The van der Waals surface area contributed by atoms with Crippen LogP contribution in [0.15, 0.2) is 12.1 Å². The number of nitrogens with one attached hydrogen (secondary N) is 1. The Hall–Kier alpha value is -0.150. The Kier molecular flexibility index (Phi) is 6.25. The van der Waals surface area contributed by atoms with E-state index < -0.39 is 0 Å². The highest BCUT2D eigenvalue weighted by molar-refractivity contribution is 6.43. The molecule has 0 fully saturated rings. The summed E-state index contributed by atoms with van der Waals surface area (Å²) in [5.41, 5.74) is 0.0538. The molecular weight excluding hydrogens is 305 g/mol. The van der Waals surface area contributed by atoms with Gasteiger partial charge in [-0.1, -0.05) is 41.7 Å². The number of hydrogen-bond donors (Lipinski definition) is 1. The third-order valence-corrected chi connectivity index (χ3v) is 3.60. The van der Waals surface area contributed by atoms with Crippen LogP contribution in [0.5, 0.6) is 5.75 Å². The fraction of sp³-hybridized carbons (Fsp3) is 0.571. The summed E-state index contributed by atoms with van der Waals surface area (Å²) in [6.07, 6.45) is 0.911. The van der Waals surface area contributed by atoms with Crippen LogP contribution in [0.25, 0.3) is 0 Å². The third-order valence-electron chi connectivity index (χ3n) is 2.58. The highest BCUT2D eigenvalue weighted by Crippen LogP contribution is 2.34. The van der Waals surface area contributed by atoms with E-state index in [-0.39, 0.29) is 11.6 Å². The molecule has 108 valence electrons. The van der Waals surface area contributed by atoms with Crippen molar-refractivity contribution in [1.82, 2.24) is 5.32 Å². The van der Waals surface area contributed by atoms with Crippen LogP contribution in [0.4, 0.5) is 0 Å². The fourth-order valence-corrected chi connectivity index (χ4v) is 2.04. The van der Waals surface area contributed by atoms with Crippen molar-refractivity contribution < 1.29 is 4.74 Å². The second-order valence-electron chi connectivity index (χ2n) is 5.48. The largest absolute Gasteiger partial charge is 0.487 e. The van der Waals surface area contributed by atoms with Gasteiger partial charge in [-0.3, -0.25) is 0 Å². The molecular formula is C14H20Cl3NO. The number of ether oxygens (including phenoxy) is 1. The predicted molar refractivity (Wildman–Crippen MR) is 83.9 cm³/mol. The monoisotopic (exact) mass is 323 g/mol. The summed E-state index contributed by atoms with van der Waals surface area (Å²) < 4.78 is 5.89. The van der Waals surface area contributed by atoms with E-state index in [9.17, 15) is 0 Å². The molecule has 2 nitrogen and oxygen atoms in total. The Balaban J connectivity index is 2.73. The van der Waals surface area contributed by atoms with Gasteiger partial charge >= 0.3 is 0 Å². The molecule has 0 spiro atoms. The molecule has 1 N–H and O–H groups in total. The summed E-state index contributed by atoms with van der Waals surface area (Å²) in [4.78, 5) is 0. The molecule has 1 atom stereocenters. The molecule has 0 aliphatic carbocycles. The van der Waals surface area contributed by atoms with Crippen molar-refractivity contribution in [3.05, 3.63) is 27.2 Å². The van der Waals surface area contributed by atoms with E-state index in [1.807, 2.05) is 0 Å². The number of rotatable bonds is 5. The molecule has 0 amide bonds. The van der Waals surface area contributed by atoms with Gasteiger partial charge in [0, 0.05) is 18.2 Å². The average Bonchev–Trinajstić information content (AvgIpc) is 2.29. The maximum absolute atomic E-state index is 6.10. The first kappa shape index (κ1) is 16.9. The lowest BCUT2D eigenvalue weighted by Crippen LogP contribution is -2.42. The van der Waals surface area contributed by atoms with E-state index in [0.29, 0.717) is 20.8 Å². The molecule has 0 aromatic heterocycles. The lowest BCUT2D eigenvalue weighted by atomic mass is 10.1. The van der Waals surface area contributed by atoms with Crippen molar-refractivity contribution in [2.24, 2.45) is 0 Å². The topological polar surface area (TPSA) is 21.3 Å². The second kappa shape index (κ2) is 7.03. The van der Waals surface area contributed by atoms with Crippen molar-refractivity contribution >= 4 is 34.8 Å². The van der Waals surface area contributed by atoms with Crippen LogP contribution in [0, 0.1) is 0 Å². The Morgan fingerprint density at radius 3 is 2.21 bits per heavy atom. The van der Waals surface area contributed by atoms with Crippen LogP contribution in [-0.2, 0) is 0 Å². The predicted octanol–water partition coefficient (Wildman–Crippen LogP) is 5.19. The SMILES string of the molecule is CCC(CNC(C)(C)C)Oc1cc(Cl)c(Cl)cc1Cl. The van der Waals surface area contributed by atoms with Gasteiger partial charge in [0.1, 0.15) is 11.9 Å². The van der Waals surface area contributed by atoms with Crippen molar-refractivity contribution in [3.63, 3.8) is 0 Å². The molecule has 1 rings (SSSR count). The zero-order valence-electron chi connectivity index (χ0n) is 11.7. The van der Waals surface area contributed by atoms with Crippen molar-refractivity contribution in [2.75, 3.05) is 6.54 Å². The lowest BCUT2D eigenvalue weighted by molar-refractivity contribution is 0.181. The van der Waals surface area contributed by atoms with Crippen molar-refractivity contribution in [2.45, 2.75) is 45.8 Å². The Morgan fingerprint density at radius 2 is 1.68 bits per heavy atom. The summed E-state index contributed by atoms with van der Waals surface area (Å²) >= 11 is 18.0. The van der Waals surface area contributed by atoms with Gasteiger partial charge in [-0.15, -0.1) is 0 Å². The molecule has 19 heavy (non-hydrogen) atoms. The Labute approximate surface area is 130 Å². The molecule has 0 bridgehead atoms. The molecule has 1 aromatic rings. The first-order valence-electron chi connectivity index (χ1n) is 6.29. The van der Waals surface area contributed by atoms with E-state index in [1.165, 1.54) is 0 Å². The zero-order valence-corrected chi connectivity index (χ0v) is 14.0. The average molecular weight is 325 g/mol. The fourth-order valence-electron chi connectivity index (χ4n) is 1.46. The summed E-state index contributed by atoms with van der Waals surface area (Å²) in [6.45, 7) is 9.17. The maximum atomic E-state index is 6.10. The van der Waals surface area contributed by atoms with Gasteiger partial charge in [-0.2, -0.15) is 0 Å². The lowest BCUT2D eigenvalue weighted by Gasteiger charge is -2.25. The summed E-state index contributed by atoms with van der Waals surface area (Å²) in [7, 11) is 0. The van der Waals surface area contributed by atoms with Gasteiger partial charge in [-0.05, 0) is 33.3 Å². The zero-order chi connectivity index (χ0) is 14.6. The van der Waals surface area contributed by atoms with Crippen LogP contribution in [0.1, 0.15) is 34.1 Å². The summed E-state index contributed by atoms with van der Waals surface area (Å²) in [5, 5.41) is 4.76. The van der Waals surface area contributed by atoms with Gasteiger partial charge < -0.3 is 10.1 Å². The molecule has 1 unspecified atom stereocenters. The maximum Gasteiger partial charge on any atom is 0.139 e. The normalized spacial score (nSPS) is 13.4. The first-order chi connectivity index (χ1) is 8.73. The quantitative estimate of drug-likeness (QED) is 0.752. The minimum absolute atomic E-state index is 0.0361. The molecule has 0 aliphatic heterocycles. The molecule has 0 aliphatic rings. The number of halogens is 3. The standard InChI is InChI=1S/C14H20Cl3NO/c1-5-9(8-18-14(2,3)4)19-13-7-11(16)10(15)6-12(13)17/h6-7,9,18H,5,8H2,1-4H3. The van der Waals surface area contributed by atoms with E-state index >= 15 is 0 Å². The molecule has 0 saturated carbocycles. The second-order valence-corrected chi connectivity index (χ2v) is 6.70. The van der Waals surface area contributed by atoms with E-state index in [2.05, 4.69) is 33.0 Å². The van der Waals surface area contributed by atoms with Crippen LogP contribution >= 0.6 is 34.8 Å². The smallest absolute Gasteiger partial charge is 0.139 e. The summed E-state index contributed by atoms with van der Waals surface area (Å²) in [5.74, 6) is 0.568. The van der Waals surface area contributed by atoms with Gasteiger partial charge in [0.05, 0.1) is 15.1 Å². The van der Waals surface area contributed by atoms with Crippen LogP contribution in [0.3, 0.4) is 0 Å². The first-order valence-corrected chi connectivity index (χ1v) is 7.42. The van der Waals surface area contributed by atoms with Crippen LogP contribution < -0.4 is 10.1 Å².